The summed E-state index contributed by atoms with van der Waals surface area (Å²) in [5.41, 5.74) is 1.85. The molecule has 6 heteroatoms. The van der Waals surface area contributed by atoms with Crippen LogP contribution in [0.5, 0.6) is 11.5 Å². The highest BCUT2D eigenvalue weighted by Crippen LogP contribution is 2.35. The van der Waals surface area contributed by atoms with Gasteiger partial charge >= 0.3 is 6.36 Å². The fourth-order valence-corrected chi connectivity index (χ4v) is 2.51. The highest BCUT2D eigenvalue weighted by atomic mass is 19.4. The zero-order chi connectivity index (χ0) is 19.3. The van der Waals surface area contributed by atoms with E-state index in [0.717, 1.165) is 11.6 Å². The van der Waals surface area contributed by atoms with E-state index >= 15 is 0 Å². The maximum absolute atomic E-state index is 12.7. The van der Waals surface area contributed by atoms with Gasteiger partial charge < -0.3 is 9.47 Å². The predicted molar refractivity (Wildman–Crippen MR) is 94.1 cm³/mol. The van der Waals surface area contributed by atoms with Gasteiger partial charge in [-0.1, -0.05) is 42.5 Å². The Labute approximate surface area is 154 Å². The van der Waals surface area contributed by atoms with E-state index in [-0.39, 0.29) is 11.1 Å². The summed E-state index contributed by atoms with van der Waals surface area (Å²) in [5.74, 6) is 0.175. The predicted octanol–water partition coefficient (Wildman–Crippen LogP) is 5.70. The molecule has 0 atom stereocenters. The van der Waals surface area contributed by atoms with E-state index in [1.807, 2.05) is 30.3 Å². The molecule has 0 unspecified atom stereocenters. The third-order valence-corrected chi connectivity index (χ3v) is 3.75. The van der Waals surface area contributed by atoms with Crippen LogP contribution in [0.25, 0.3) is 11.1 Å². The van der Waals surface area contributed by atoms with Crippen molar-refractivity contribution in [1.82, 2.24) is 0 Å². The summed E-state index contributed by atoms with van der Waals surface area (Å²) in [6, 6.07) is 22.0. The number of halogens is 3. The van der Waals surface area contributed by atoms with Gasteiger partial charge in [-0.15, -0.1) is 13.2 Å². The van der Waals surface area contributed by atoms with Gasteiger partial charge in [-0.3, -0.25) is 0 Å². The number of alkyl halides is 3. The average Bonchev–Trinajstić information content (AvgIpc) is 2.66. The lowest BCUT2D eigenvalue weighted by Gasteiger charge is -2.14. The Kier molecular flexibility index (Phi) is 5.32. The highest BCUT2D eigenvalue weighted by molar-refractivity contribution is 5.72. The molecule has 3 aromatic rings. The normalized spacial score (nSPS) is 10.9. The molecule has 0 saturated heterocycles. The first-order valence-corrected chi connectivity index (χ1v) is 8.02. The van der Waals surface area contributed by atoms with Crippen LogP contribution < -0.4 is 9.47 Å². The molecule has 3 nitrogen and oxygen atoms in total. The Morgan fingerprint density at radius 3 is 2.22 bits per heavy atom. The topological polar surface area (TPSA) is 42.2 Å². The lowest BCUT2D eigenvalue weighted by atomic mass is 10.0. The maximum Gasteiger partial charge on any atom is 0.573 e. The smallest absolute Gasteiger partial charge is 0.489 e. The average molecular weight is 369 g/mol. The number of rotatable bonds is 5. The van der Waals surface area contributed by atoms with E-state index < -0.39 is 12.1 Å². The first kappa shape index (κ1) is 18.3. The van der Waals surface area contributed by atoms with E-state index in [4.69, 9.17) is 10.00 Å². The Hall–Kier alpha value is -3.46. The van der Waals surface area contributed by atoms with Crippen LogP contribution in [0.15, 0.2) is 72.8 Å². The van der Waals surface area contributed by atoms with Crippen LogP contribution in [0.1, 0.15) is 11.1 Å². The number of nitrogens with zero attached hydrogens (tertiary/aromatic N) is 1. The lowest BCUT2D eigenvalue weighted by molar-refractivity contribution is -0.274. The largest absolute Gasteiger partial charge is 0.573 e. The number of ether oxygens (including phenoxy) is 2. The van der Waals surface area contributed by atoms with Crippen LogP contribution >= 0.6 is 0 Å². The highest BCUT2D eigenvalue weighted by Gasteiger charge is 2.32. The zero-order valence-electron chi connectivity index (χ0n) is 14.0. The molecule has 0 fully saturated rings. The molecule has 136 valence electrons. The van der Waals surface area contributed by atoms with Gasteiger partial charge in [0.25, 0.3) is 0 Å². The Bertz CT molecular complexity index is 946. The van der Waals surface area contributed by atoms with Crippen molar-refractivity contribution in [2.24, 2.45) is 0 Å². The summed E-state index contributed by atoms with van der Waals surface area (Å²) < 4.78 is 47.8. The summed E-state index contributed by atoms with van der Waals surface area (Å²) >= 11 is 0. The summed E-state index contributed by atoms with van der Waals surface area (Å²) in [7, 11) is 0. The van der Waals surface area contributed by atoms with Gasteiger partial charge in [0.15, 0.2) is 0 Å². The molecule has 0 aliphatic heterocycles. The first-order valence-electron chi connectivity index (χ1n) is 8.02. The molecule has 27 heavy (non-hydrogen) atoms. The minimum atomic E-state index is -4.85. The monoisotopic (exact) mass is 369 g/mol. The van der Waals surface area contributed by atoms with Crippen LogP contribution in [0.3, 0.4) is 0 Å². The molecule has 0 aliphatic rings. The quantitative estimate of drug-likeness (QED) is 0.579. The molecule has 0 N–H and O–H groups in total. The van der Waals surface area contributed by atoms with E-state index in [9.17, 15) is 13.2 Å². The number of hydrogen-bond donors (Lipinski definition) is 0. The minimum Gasteiger partial charge on any atom is -0.489 e. The van der Waals surface area contributed by atoms with Crippen LogP contribution in [-0.2, 0) is 6.61 Å². The first-order chi connectivity index (χ1) is 12.9. The summed E-state index contributed by atoms with van der Waals surface area (Å²) in [6.07, 6.45) is -4.85. The molecular formula is C21H14F3NO2. The molecule has 0 spiro atoms. The van der Waals surface area contributed by atoms with Gasteiger partial charge in [0.1, 0.15) is 18.1 Å². The second-order valence-corrected chi connectivity index (χ2v) is 5.67. The second kappa shape index (κ2) is 7.83. The molecule has 0 bridgehead atoms. The Morgan fingerprint density at radius 2 is 1.59 bits per heavy atom. The number of benzene rings is 3. The van der Waals surface area contributed by atoms with Gasteiger partial charge in [0.2, 0.25) is 0 Å². The molecule has 0 aromatic heterocycles. The third kappa shape index (κ3) is 5.02. The molecule has 0 radical (unpaired) electrons. The summed E-state index contributed by atoms with van der Waals surface area (Å²) in [4.78, 5) is 0. The standard InChI is InChI=1S/C21H14F3NO2/c22-21(23,24)27-20-12-16(13-25)6-11-19(20)17-7-9-18(10-8-17)26-14-15-4-2-1-3-5-15/h1-12H,14H2. The van der Waals surface area contributed by atoms with Crippen molar-refractivity contribution in [2.75, 3.05) is 0 Å². The van der Waals surface area contributed by atoms with Gasteiger partial charge in [-0.25, -0.2) is 0 Å². The molecular weight excluding hydrogens is 355 g/mol. The Morgan fingerprint density at radius 1 is 0.889 bits per heavy atom. The molecule has 0 heterocycles. The molecule has 0 saturated carbocycles. The van der Waals surface area contributed by atoms with Crippen LogP contribution in [-0.4, -0.2) is 6.36 Å². The number of nitriles is 1. The van der Waals surface area contributed by atoms with Crippen LogP contribution in [0.4, 0.5) is 13.2 Å². The van der Waals surface area contributed by atoms with Crippen molar-refractivity contribution in [2.45, 2.75) is 13.0 Å². The molecule has 3 aromatic carbocycles. The number of hydrogen-bond acceptors (Lipinski definition) is 3. The SMILES string of the molecule is N#Cc1ccc(-c2ccc(OCc3ccccc3)cc2)c(OC(F)(F)F)c1. The van der Waals surface area contributed by atoms with Gasteiger partial charge in [0.05, 0.1) is 11.6 Å². The molecule has 0 amide bonds. The fraction of sp³-hybridized carbons (Fsp3) is 0.0952. The van der Waals surface area contributed by atoms with Crippen molar-refractivity contribution in [3.8, 4) is 28.7 Å². The van der Waals surface area contributed by atoms with E-state index in [1.54, 1.807) is 30.3 Å². The van der Waals surface area contributed by atoms with Crippen LogP contribution in [0, 0.1) is 11.3 Å². The third-order valence-electron chi connectivity index (χ3n) is 3.75. The van der Waals surface area contributed by atoms with Crippen molar-refractivity contribution < 1.29 is 22.6 Å². The van der Waals surface area contributed by atoms with E-state index in [2.05, 4.69) is 4.74 Å². The van der Waals surface area contributed by atoms with Gasteiger partial charge in [-0.2, -0.15) is 5.26 Å². The fourth-order valence-electron chi connectivity index (χ4n) is 2.51. The van der Waals surface area contributed by atoms with Crippen molar-refractivity contribution in [3.05, 3.63) is 83.9 Å². The van der Waals surface area contributed by atoms with Crippen molar-refractivity contribution >= 4 is 0 Å². The zero-order valence-corrected chi connectivity index (χ0v) is 14.0. The minimum absolute atomic E-state index is 0.0841. The maximum atomic E-state index is 12.7. The van der Waals surface area contributed by atoms with Gasteiger partial charge in [-0.05, 0) is 41.5 Å². The van der Waals surface area contributed by atoms with E-state index in [0.29, 0.717) is 17.9 Å². The molecule has 0 aliphatic carbocycles. The van der Waals surface area contributed by atoms with Crippen molar-refractivity contribution in [3.63, 3.8) is 0 Å². The van der Waals surface area contributed by atoms with Crippen LogP contribution in [0.2, 0.25) is 0 Å². The van der Waals surface area contributed by atoms with Gasteiger partial charge in [0, 0.05) is 5.56 Å². The van der Waals surface area contributed by atoms with Crippen molar-refractivity contribution in [1.29, 1.82) is 5.26 Å². The lowest BCUT2D eigenvalue weighted by Crippen LogP contribution is -2.17. The molecule has 3 rings (SSSR count). The Balaban J connectivity index is 1.81. The summed E-state index contributed by atoms with van der Waals surface area (Å²) in [6.45, 7) is 0.388. The second-order valence-electron chi connectivity index (χ2n) is 5.67. The summed E-state index contributed by atoms with van der Waals surface area (Å²) in [5, 5.41) is 8.91. The van der Waals surface area contributed by atoms with E-state index in [1.165, 1.54) is 12.1 Å².